The number of ketones is 1. The summed E-state index contributed by atoms with van der Waals surface area (Å²) in [7, 11) is 0. The number of amides is 2. The first-order valence-corrected chi connectivity index (χ1v) is 11.8. The van der Waals surface area contributed by atoms with Gasteiger partial charge in [-0.25, -0.2) is 0 Å². The van der Waals surface area contributed by atoms with E-state index in [0.29, 0.717) is 30.7 Å². The number of carbonyl (C=O) groups is 4. The van der Waals surface area contributed by atoms with E-state index in [1.807, 2.05) is 0 Å². The van der Waals surface area contributed by atoms with Gasteiger partial charge in [0, 0.05) is 16.6 Å². The van der Waals surface area contributed by atoms with Crippen molar-refractivity contribution < 1.29 is 23.9 Å². The van der Waals surface area contributed by atoms with E-state index in [9.17, 15) is 19.2 Å². The van der Waals surface area contributed by atoms with Crippen LogP contribution in [0.5, 0.6) is 0 Å². The summed E-state index contributed by atoms with van der Waals surface area (Å²) in [6, 6.07) is 4.38. The Labute approximate surface area is 195 Å². The molecule has 2 bridgehead atoms. The predicted molar refractivity (Wildman–Crippen MR) is 117 cm³/mol. The molecule has 5 rings (SSSR count). The number of rotatable bonds is 5. The smallest absolute Gasteiger partial charge is 0.309 e. The van der Waals surface area contributed by atoms with E-state index >= 15 is 0 Å². The summed E-state index contributed by atoms with van der Waals surface area (Å²) in [6.45, 7) is -0.387. The van der Waals surface area contributed by atoms with Crippen molar-refractivity contribution in [2.45, 2.75) is 38.1 Å². The van der Waals surface area contributed by atoms with Gasteiger partial charge < -0.3 is 4.74 Å². The summed E-state index contributed by atoms with van der Waals surface area (Å²) in [5, 5.41) is 0.634. The summed E-state index contributed by atoms with van der Waals surface area (Å²) < 4.78 is 5.25. The normalized spacial score (nSPS) is 33.0. The van der Waals surface area contributed by atoms with Crippen LogP contribution in [0.25, 0.3) is 0 Å². The molecule has 3 aliphatic carbocycles. The molecule has 2 amide bonds. The first-order valence-electron chi connectivity index (χ1n) is 11.0. The van der Waals surface area contributed by atoms with Crippen molar-refractivity contribution in [1.82, 2.24) is 4.90 Å². The maximum Gasteiger partial charge on any atom is 0.309 e. The second kappa shape index (κ2) is 8.31. The molecule has 2 saturated carbocycles. The number of allylic oxidation sites excluding steroid dienone is 2. The standard InChI is InChI=1S/C24H23Cl2NO5/c25-15-5-8-17(18(26)10-15)19(28)11-32-24(31)12-3-6-16(7-4-12)27-22(29)20-13-1-2-14(9-13)21(20)23(27)30/h1-2,5,8,10,12-14,16,20-21H,3-4,6-7,9,11H2/t12?,13-,14-,16?,20+,21+/m0/s1. The Kier molecular flexibility index (Phi) is 5.62. The second-order valence-corrected chi connectivity index (χ2v) is 10.1. The fourth-order valence-corrected chi connectivity index (χ4v) is 6.42. The van der Waals surface area contributed by atoms with E-state index in [2.05, 4.69) is 12.2 Å². The lowest BCUT2D eigenvalue weighted by Crippen LogP contribution is -2.44. The third-order valence-corrected chi connectivity index (χ3v) is 8.02. The van der Waals surface area contributed by atoms with Crippen LogP contribution in [0.3, 0.4) is 0 Å². The Bertz CT molecular complexity index is 999. The molecule has 0 spiro atoms. The van der Waals surface area contributed by atoms with E-state index in [1.54, 1.807) is 6.07 Å². The number of halogens is 2. The van der Waals surface area contributed by atoms with Crippen molar-refractivity contribution in [3.8, 4) is 0 Å². The molecule has 4 aliphatic rings. The molecule has 168 valence electrons. The van der Waals surface area contributed by atoms with Crippen LogP contribution < -0.4 is 0 Å². The quantitative estimate of drug-likeness (QED) is 0.277. The molecule has 1 heterocycles. The summed E-state index contributed by atoms with van der Waals surface area (Å²) in [5.74, 6) is -1.21. The average molecular weight is 476 g/mol. The monoisotopic (exact) mass is 475 g/mol. The van der Waals surface area contributed by atoms with Gasteiger partial charge in [-0.15, -0.1) is 0 Å². The summed E-state index contributed by atoms with van der Waals surface area (Å²) in [6.07, 6.45) is 7.30. The lowest BCUT2D eigenvalue weighted by molar-refractivity contribution is -0.149. The van der Waals surface area contributed by atoms with Crippen molar-refractivity contribution in [3.05, 3.63) is 46.0 Å². The van der Waals surface area contributed by atoms with Crippen LogP contribution in [0, 0.1) is 29.6 Å². The molecule has 1 aromatic rings. The first kappa shape index (κ1) is 21.7. The number of benzene rings is 1. The van der Waals surface area contributed by atoms with E-state index in [4.69, 9.17) is 27.9 Å². The maximum absolute atomic E-state index is 13.0. The van der Waals surface area contributed by atoms with Gasteiger partial charge in [0.2, 0.25) is 17.6 Å². The third-order valence-electron chi connectivity index (χ3n) is 7.48. The zero-order valence-electron chi connectivity index (χ0n) is 17.3. The van der Waals surface area contributed by atoms with Gasteiger partial charge in [0.05, 0.1) is 22.8 Å². The summed E-state index contributed by atoms with van der Waals surface area (Å²) >= 11 is 11.9. The highest BCUT2D eigenvalue weighted by Gasteiger charge is 2.60. The Morgan fingerprint density at radius 2 is 1.59 bits per heavy atom. The van der Waals surface area contributed by atoms with Gasteiger partial charge in [-0.2, -0.15) is 0 Å². The van der Waals surface area contributed by atoms with E-state index in [-0.39, 0.29) is 64.6 Å². The zero-order valence-corrected chi connectivity index (χ0v) is 18.8. The molecular weight excluding hydrogens is 453 g/mol. The highest BCUT2D eigenvalue weighted by atomic mass is 35.5. The van der Waals surface area contributed by atoms with Crippen molar-refractivity contribution in [1.29, 1.82) is 0 Å². The van der Waals surface area contributed by atoms with Crippen LogP contribution in [-0.2, 0) is 19.1 Å². The summed E-state index contributed by atoms with van der Waals surface area (Å²) in [4.78, 5) is 52.3. The average Bonchev–Trinajstić information content (AvgIpc) is 3.46. The Hall–Kier alpha value is -2.18. The molecule has 4 atom stereocenters. The molecule has 3 fully saturated rings. The number of carbonyl (C=O) groups excluding carboxylic acids is 4. The Morgan fingerprint density at radius 3 is 2.19 bits per heavy atom. The summed E-state index contributed by atoms with van der Waals surface area (Å²) in [5.41, 5.74) is 0.257. The van der Waals surface area contributed by atoms with Crippen LogP contribution >= 0.6 is 23.2 Å². The topological polar surface area (TPSA) is 80.8 Å². The Morgan fingerprint density at radius 1 is 0.969 bits per heavy atom. The van der Waals surface area contributed by atoms with Gasteiger partial charge >= 0.3 is 5.97 Å². The van der Waals surface area contributed by atoms with Crippen molar-refractivity contribution in [2.75, 3.05) is 6.61 Å². The lowest BCUT2D eigenvalue weighted by Gasteiger charge is -2.33. The van der Waals surface area contributed by atoms with Gasteiger partial charge in [-0.05, 0) is 62.1 Å². The second-order valence-electron chi connectivity index (χ2n) is 9.21. The highest BCUT2D eigenvalue weighted by Crippen LogP contribution is 2.53. The minimum atomic E-state index is -0.430. The third kappa shape index (κ3) is 3.57. The largest absolute Gasteiger partial charge is 0.457 e. The van der Waals surface area contributed by atoms with Gasteiger partial charge in [0.15, 0.2) is 6.61 Å². The molecule has 32 heavy (non-hydrogen) atoms. The molecule has 0 radical (unpaired) electrons. The van der Waals surface area contributed by atoms with Gasteiger partial charge in [0.1, 0.15) is 0 Å². The molecular formula is C24H23Cl2NO5. The van der Waals surface area contributed by atoms with Gasteiger partial charge in [-0.3, -0.25) is 24.1 Å². The number of imide groups is 1. The number of nitrogens with zero attached hydrogens (tertiary/aromatic N) is 1. The van der Waals surface area contributed by atoms with Crippen LogP contribution in [0.1, 0.15) is 42.5 Å². The molecule has 6 nitrogen and oxygen atoms in total. The SMILES string of the molecule is O=C(COC(=O)C1CCC(N2C(=O)[C@H]3[C@H](C2=O)[C@H]2C=C[C@H]3C2)CC1)c1ccc(Cl)cc1Cl. The fourth-order valence-electron chi connectivity index (χ4n) is 5.90. The maximum atomic E-state index is 13.0. The minimum absolute atomic E-state index is 0.0340. The molecule has 1 aromatic carbocycles. The predicted octanol–water partition coefficient (Wildman–Crippen LogP) is 4.09. The van der Waals surface area contributed by atoms with Crippen molar-refractivity contribution in [3.63, 3.8) is 0 Å². The van der Waals surface area contributed by atoms with Crippen molar-refractivity contribution >= 4 is 46.8 Å². The van der Waals surface area contributed by atoms with Crippen LogP contribution in [0.15, 0.2) is 30.4 Å². The molecule has 1 saturated heterocycles. The van der Waals surface area contributed by atoms with Crippen LogP contribution in [0.2, 0.25) is 10.0 Å². The van der Waals surface area contributed by atoms with E-state index in [1.165, 1.54) is 17.0 Å². The fraction of sp³-hybridized carbons (Fsp3) is 0.500. The van der Waals surface area contributed by atoms with E-state index in [0.717, 1.165) is 6.42 Å². The number of ether oxygens (including phenoxy) is 1. The number of hydrogen-bond acceptors (Lipinski definition) is 5. The highest BCUT2D eigenvalue weighted by molar-refractivity contribution is 6.36. The molecule has 1 aliphatic heterocycles. The number of likely N-dealkylation sites (tertiary alicyclic amines) is 1. The molecule has 8 heteroatoms. The number of esters is 1. The molecule has 0 N–H and O–H groups in total. The molecule has 0 unspecified atom stereocenters. The zero-order chi connectivity index (χ0) is 22.6. The number of fused-ring (bicyclic) bond motifs is 5. The van der Waals surface area contributed by atoms with Crippen LogP contribution in [-0.4, -0.2) is 41.1 Å². The van der Waals surface area contributed by atoms with Crippen molar-refractivity contribution in [2.24, 2.45) is 29.6 Å². The first-order chi connectivity index (χ1) is 15.3. The lowest BCUT2D eigenvalue weighted by atomic mass is 9.85. The van der Waals surface area contributed by atoms with Gasteiger partial charge in [-0.1, -0.05) is 35.4 Å². The van der Waals surface area contributed by atoms with Crippen LogP contribution in [0.4, 0.5) is 0 Å². The Balaban J connectivity index is 1.14. The van der Waals surface area contributed by atoms with E-state index < -0.39 is 11.8 Å². The number of hydrogen-bond donors (Lipinski definition) is 0. The number of Topliss-reactive ketones (excluding diaryl/α,β-unsaturated/α-hetero) is 1. The molecule has 0 aromatic heterocycles. The van der Waals surface area contributed by atoms with Gasteiger partial charge in [0.25, 0.3) is 0 Å². The minimum Gasteiger partial charge on any atom is -0.457 e.